The number of nitrogens with one attached hydrogen (secondary N) is 2. The van der Waals surface area contributed by atoms with Crippen LogP contribution in [0.4, 0.5) is 13.6 Å². The van der Waals surface area contributed by atoms with E-state index >= 15 is 0 Å². The zero-order valence-corrected chi connectivity index (χ0v) is 15.8. The molecule has 1 aromatic carbocycles. The largest absolute Gasteiger partial charge is 0.444 e. The lowest BCUT2D eigenvalue weighted by atomic mass is 10.0. The summed E-state index contributed by atoms with van der Waals surface area (Å²) >= 11 is 5.63. The first-order valence-electron chi connectivity index (χ1n) is 8.41. The summed E-state index contributed by atoms with van der Waals surface area (Å²) in [5, 5.41) is 5.92. The minimum atomic E-state index is -0.632. The van der Waals surface area contributed by atoms with Crippen molar-refractivity contribution in [1.29, 1.82) is 0 Å². The Morgan fingerprint density at radius 3 is 2.64 bits per heavy atom. The van der Waals surface area contributed by atoms with Crippen molar-refractivity contribution in [2.24, 2.45) is 0 Å². The molecule has 7 heteroatoms. The number of carbonyl (C=O) groups excluding carboxylic acids is 1. The second-order valence-corrected chi connectivity index (χ2v) is 7.26. The number of unbranched alkanes of at least 4 members (excludes halogenated alkanes) is 1. The summed E-state index contributed by atoms with van der Waals surface area (Å²) in [4.78, 5) is 12.0. The Balaban J connectivity index is 2.69. The molecule has 0 heterocycles. The van der Waals surface area contributed by atoms with Crippen LogP contribution >= 0.6 is 11.6 Å². The molecule has 0 aliphatic rings. The van der Waals surface area contributed by atoms with Crippen LogP contribution in [0.25, 0.3) is 0 Å². The van der Waals surface area contributed by atoms with Crippen LogP contribution in [0.3, 0.4) is 0 Å². The zero-order chi connectivity index (χ0) is 18.9. The van der Waals surface area contributed by atoms with E-state index in [1.165, 1.54) is 0 Å². The van der Waals surface area contributed by atoms with Crippen molar-refractivity contribution in [2.45, 2.75) is 51.7 Å². The van der Waals surface area contributed by atoms with E-state index in [1.807, 2.05) is 0 Å². The van der Waals surface area contributed by atoms with E-state index in [9.17, 15) is 13.6 Å². The monoisotopic (exact) mass is 376 g/mol. The average molecular weight is 377 g/mol. The molecule has 0 bridgehead atoms. The zero-order valence-electron chi connectivity index (χ0n) is 15.0. The number of amides is 1. The first-order valence-corrected chi connectivity index (χ1v) is 8.95. The van der Waals surface area contributed by atoms with Crippen LogP contribution in [0.1, 0.15) is 39.2 Å². The molecule has 0 saturated carbocycles. The highest BCUT2D eigenvalue weighted by Crippen LogP contribution is 2.13. The minimum Gasteiger partial charge on any atom is -0.444 e. The van der Waals surface area contributed by atoms with Gasteiger partial charge in [-0.15, -0.1) is 11.6 Å². The summed E-state index contributed by atoms with van der Waals surface area (Å²) in [7, 11) is 0. The standard InChI is InChI=1S/C18H27ClF2N2O2/c1-18(2,3)25-17(24)23-15(12-22-9-5-4-8-19)11-13-10-14(20)6-7-16(13)21/h6-7,10,15,22H,4-5,8-9,11-12H2,1-3H3,(H,23,24). The van der Waals surface area contributed by atoms with Gasteiger partial charge in [0.25, 0.3) is 0 Å². The van der Waals surface area contributed by atoms with Crippen LogP contribution in [0.2, 0.25) is 0 Å². The van der Waals surface area contributed by atoms with Crippen molar-refractivity contribution in [3.8, 4) is 0 Å². The van der Waals surface area contributed by atoms with Gasteiger partial charge >= 0.3 is 6.09 Å². The summed E-state index contributed by atoms with van der Waals surface area (Å²) in [5.41, 5.74) is -0.421. The molecule has 0 aliphatic carbocycles. The SMILES string of the molecule is CC(C)(C)OC(=O)NC(CNCCCCCl)Cc1cc(F)ccc1F. The molecule has 0 fully saturated rings. The normalized spacial score (nSPS) is 12.7. The third kappa shape index (κ3) is 9.60. The number of carbonyl (C=O) groups is 1. The summed E-state index contributed by atoms with van der Waals surface area (Å²) in [5.74, 6) is -0.419. The third-order valence-electron chi connectivity index (χ3n) is 3.32. The van der Waals surface area contributed by atoms with E-state index < -0.39 is 29.4 Å². The van der Waals surface area contributed by atoms with Gasteiger partial charge in [0.15, 0.2) is 0 Å². The Morgan fingerprint density at radius 1 is 1.28 bits per heavy atom. The maximum absolute atomic E-state index is 13.9. The summed E-state index contributed by atoms with van der Waals surface area (Å²) < 4.78 is 32.5. The maximum atomic E-state index is 13.9. The van der Waals surface area contributed by atoms with Gasteiger partial charge < -0.3 is 15.4 Å². The quantitative estimate of drug-likeness (QED) is 0.505. The molecule has 1 atom stereocenters. The molecule has 25 heavy (non-hydrogen) atoms. The second kappa shape index (κ2) is 10.6. The van der Waals surface area contributed by atoms with E-state index in [0.29, 0.717) is 12.4 Å². The maximum Gasteiger partial charge on any atom is 0.407 e. The molecule has 2 N–H and O–H groups in total. The van der Waals surface area contributed by atoms with Crippen molar-refractivity contribution in [3.63, 3.8) is 0 Å². The molecule has 0 spiro atoms. The Hall–Kier alpha value is -1.40. The summed E-state index contributed by atoms with van der Waals surface area (Å²) in [6.07, 6.45) is 1.36. The molecule has 0 aromatic heterocycles. The van der Waals surface area contributed by atoms with Crippen molar-refractivity contribution < 1.29 is 18.3 Å². The predicted octanol–water partition coefficient (Wildman–Crippen LogP) is 4.01. The van der Waals surface area contributed by atoms with Crippen LogP contribution in [0, 0.1) is 11.6 Å². The van der Waals surface area contributed by atoms with Gasteiger partial charge in [0.2, 0.25) is 0 Å². The molecular weight excluding hydrogens is 350 g/mol. The molecule has 0 saturated heterocycles. The number of hydrogen-bond donors (Lipinski definition) is 2. The number of hydrogen-bond acceptors (Lipinski definition) is 3. The molecule has 1 amide bonds. The van der Waals surface area contributed by atoms with Gasteiger partial charge in [-0.2, -0.15) is 0 Å². The lowest BCUT2D eigenvalue weighted by Crippen LogP contribution is -2.45. The molecule has 1 unspecified atom stereocenters. The predicted molar refractivity (Wildman–Crippen MR) is 96.0 cm³/mol. The fourth-order valence-electron chi connectivity index (χ4n) is 2.23. The molecule has 0 aliphatic heterocycles. The Morgan fingerprint density at radius 2 is 2.00 bits per heavy atom. The number of alkyl carbamates (subject to hydrolysis) is 1. The molecule has 1 rings (SSSR count). The second-order valence-electron chi connectivity index (χ2n) is 6.88. The number of ether oxygens (including phenoxy) is 1. The van der Waals surface area contributed by atoms with Gasteiger partial charge in [-0.1, -0.05) is 0 Å². The number of rotatable bonds is 9. The lowest BCUT2D eigenvalue weighted by molar-refractivity contribution is 0.0503. The molecule has 0 radical (unpaired) electrons. The fraction of sp³-hybridized carbons (Fsp3) is 0.611. The van der Waals surface area contributed by atoms with Crippen LogP contribution in [-0.2, 0) is 11.2 Å². The number of halogens is 3. The molecular formula is C18H27ClF2N2O2. The Bertz CT molecular complexity index is 550. The number of alkyl halides is 1. The van der Waals surface area contributed by atoms with Gasteiger partial charge in [-0.3, -0.25) is 0 Å². The van der Waals surface area contributed by atoms with Crippen LogP contribution in [-0.4, -0.2) is 36.7 Å². The average Bonchev–Trinajstić information content (AvgIpc) is 2.48. The highest BCUT2D eigenvalue weighted by molar-refractivity contribution is 6.17. The Labute approximate surface area is 153 Å². The smallest absolute Gasteiger partial charge is 0.407 e. The van der Waals surface area contributed by atoms with Crippen molar-refractivity contribution >= 4 is 17.7 Å². The fourth-order valence-corrected chi connectivity index (χ4v) is 2.42. The van der Waals surface area contributed by atoms with Gasteiger partial charge in [0.05, 0.1) is 0 Å². The van der Waals surface area contributed by atoms with E-state index in [4.69, 9.17) is 16.3 Å². The van der Waals surface area contributed by atoms with Crippen LogP contribution in [0.5, 0.6) is 0 Å². The van der Waals surface area contributed by atoms with E-state index in [-0.39, 0.29) is 12.0 Å². The first kappa shape index (κ1) is 21.6. The van der Waals surface area contributed by atoms with Crippen molar-refractivity contribution in [2.75, 3.05) is 19.0 Å². The molecule has 142 valence electrons. The van der Waals surface area contributed by atoms with Crippen LogP contribution in [0.15, 0.2) is 18.2 Å². The first-order chi connectivity index (χ1) is 11.7. The summed E-state index contributed by atoms with van der Waals surface area (Å²) in [6, 6.07) is 2.87. The Kier molecular flexibility index (Phi) is 9.14. The van der Waals surface area contributed by atoms with Crippen LogP contribution < -0.4 is 10.6 Å². The van der Waals surface area contributed by atoms with E-state index in [2.05, 4.69) is 10.6 Å². The topological polar surface area (TPSA) is 50.4 Å². The van der Waals surface area contributed by atoms with E-state index in [1.54, 1.807) is 20.8 Å². The van der Waals surface area contributed by atoms with Gasteiger partial charge in [-0.25, -0.2) is 13.6 Å². The van der Waals surface area contributed by atoms with Crippen molar-refractivity contribution in [1.82, 2.24) is 10.6 Å². The van der Waals surface area contributed by atoms with Gasteiger partial charge in [0, 0.05) is 18.5 Å². The van der Waals surface area contributed by atoms with E-state index in [0.717, 1.165) is 37.6 Å². The molecule has 1 aromatic rings. The molecule has 4 nitrogen and oxygen atoms in total. The number of benzene rings is 1. The highest BCUT2D eigenvalue weighted by atomic mass is 35.5. The highest BCUT2D eigenvalue weighted by Gasteiger charge is 2.20. The van der Waals surface area contributed by atoms with Crippen molar-refractivity contribution in [3.05, 3.63) is 35.4 Å². The van der Waals surface area contributed by atoms with Gasteiger partial charge in [-0.05, 0) is 70.3 Å². The summed E-state index contributed by atoms with van der Waals surface area (Å²) in [6.45, 7) is 6.43. The lowest BCUT2D eigenvalue weighted by Gasteiger charge is -2.24. The van der Waals surface area contributed by atoms with Gasteiger partial charge in [0.1, 0.15) is 17.2 Å². The third-order valence-corrected chi connectivity index (χ3v) is 3.59. The minimum absolute atomic E-state index is 0.158.